The molecule has 1 aliphatic rings. The van der Waals surface area contributed by atoms with Gasteiger partial charge in [-0.25, -0.2) is 4.98 Å². The molecule has 128 valence electrons. The van der Waals surface area contributed by atoms with Gasteiger partial charge in [-0.05, 0) is 25.0 Å². The molecule has 2 aromatic heterocycles. The van der Waals surface area contributed by atoms with Gasteiger partial charge in [0.2, 0.25) is 0 Å². The van der Waals surface area contributed by atoms with Crippen molar-refractivity contribution in [2.75, 3.05) is 13.1 Å². The summed E-state index contributed by atoms with van der Waals surface area (Å²) in [7, 11) is 1.92. The van der Waals surface area contributed by atoms with Gasteiger partial charge in [0.1, 0.15) is 5.76 Å². The van der Waals surface area contributed by atoms with Crippen LogP contribution in [0.3, 0.4) is 0 Å². The van der Waals surface area contributed by atoms with Crippen LogP contribution in [-0.2, 0) is 17.6 Å². The number of carboxylic acids is 1. The van der Waals surface area contributed by atoms with E-state index in [4.69, 9.17) is 9.52 Å². The number of carboxylic acid groups (broad SMARTS) is 1. The van der Waals surface area contributed by atoms with Crippen LogP contribution in [0, 0.1) is 5.92 Å². The molecule has 1 saturated heterocycles. The zero-order valence-electron chi connectivity index (χ0n) is 13.3. The lowest BCUT2D eigenvalue weighted by Crippen LogP contribution is -2.40. The molecular weight excluding hydrogens is 330 g/mol. The molecule has 0 bridgehead atoms. The van der Waals surface area contributed by atoms with Gasteiger partial charge in [0.05, 0.1) is 11.7 Å². The van der Waals surface area contributed by atoms with Crippen molar-refractivity contribution >= 4 is 23.6 Å². The minimum absolute atomic E-state index is 0.174. The van der Waals surface area contributed by atoms with Gasteiger partial charge >= 0.3 is 5.97 Å². The number of hydrogen-bond acceptors (Lipinski definition) is 5. The Morgan fingerprint density at radius 2 is 2.12 bits per heavy atom. The van der Waals surface area contributed by atoms with E-state index in [1.165, 1.54) is 11.8 Å². The highest BCUT2D eigenvalue weighted by Gasteiger charge is 2.28. The summed E-state index contributed by atoms with van der Waals surface area (Å²) in [4.78, 5) is 29.3. The Bertz CT molecular complexity index is 731. The second kappa shape index (κ2) is 7.12. The first-order valence-corrected chi connectivity index (χ1v) is 8.74. The van der Waals surface area contributed by atoms with Crippen molar-refractivity contribution in [1.29, 1.82) is 0 Å². The number of aliphatic carboxylic acids is 1. The minimum Gasteiger partial charge on any atom is -0.481 e. The third-order valence-electron chi connectivity index (χ3n) is 4.12. The van der Waals surface area contributed by atoms with E-state index < -0.39 is 5.97 Å². The first kappa shape index (κ1) is 16.6. The average Bonchev–Trinajstić information content (AvgIpc) is 3.21. The van der Waals surface area contributed by atoms with Crippen molar-refractivity contribution in [3.05, 3.63) is 36.0 Å². The maximum absolute atomic E-state index is 12.4. The van der Waals surface area contributed by atoms with Crippen LogP contribution in [0.5, 0.6) is 0 Å². The number of hydrogen-bond donors (Lipinski definition) is 1. The van der Waals surface area contributed by atoms with E-state index in [1.807, 2.05) is 17.8 Å². The molecule has 0 spiro atoms. The summed E-state index contributed by atoms with van der Waals surface area (Å²) in [6.45, 7) is 0.904. The lowest BCUT2D eigenvalue weighted by molar-refractivity contribution is -0.143. The minimum atomic E-state index is -0.784. The monoisotopic (exact) mass is 349 g/mol. The third-order valence-corrected chi connectivity index (χ3v) is 5.20. The first-order chi connectivity index (χ1) is 11.5. The summed E-state index contributed by atoms with van der Waals surface area (Å²) in [5, 5.41) is 9.89. The SMILES string of the molecule is Cn1ccnc1SCc1ccc(C(=O)N2CCC(C(=O)O)CC2)o1. The lowest BCUT2D eigenvalue weighted by atomic mass is 9.97. The van der Waals surface area contributed by atoms with Crippen LogP contribution in [-0.4, -0.2) is 44.5 Å². The van der Waals surface area contributed by atoms with Gasteiger partial charge in [-0.15, -0.1) is 0 Å². The smallest absolute Gasteiger partial charge is 0.306 e. The van der Waals surface area contributed by atoms with Gasteiger partial charge in [0.15, 0.2) is 10.9 Å². The third kappa shape index (κ3) is 3.64. The molecule has 7 nitrogen and oxygen atoms in total. The Balaban J connectivity index is 1.56. The Labute approximate surface area is 143 Å². The summed E-state index contributed by atoms with van der Waals surface area (Å²) in [6.07, 6.45) is 4.59. The molecule has 3 heterocycles. The predicted octanol–water partition coefficient (Wildman–Crippen LogP) is 2.24. The van der Waals surface area contributed by atoms with E-state index in [9.17, 15) is 9.59 Å². The largest absolute Gasteiger partial charge is 0.481 e. The Hall–Kier alpha value is -2.22. The van der Waals surface area contributed by atoms with Crippen LogP contribution in [0.2, 0.25) is 0 Å². The fourth-order valence-electron chi connectivity index (χ4n) is 2.68. The second-order valence-electron chi connectivity index (χ2n) is 5.78. The van der Waals surface area contributed by atoms with E-state index in [-0.39, 0.29) is 11.8 Å². The van der Waals surface area contributed by atoms with E-state index >= 15 is 0 Å². The number of piperidine rings is 1. The summed E-state index contributed by atoms with van der Waals surface area (Å²) in [6, 6.07) is 3.48. The molecule has 3 rings (SSSR count). The van der Waals surface area contributed by atoms with Crippen molar-refractivity contribution in [1.82, 2.24) is 14.5 Å². The number of furan rings is 1. The highest BCUT2D eigenvalue weighted by molar-refractivity contribution is 7.98. The van der Waals surface area contributed by atoms with Crippen molar-refractivity contribution in [2.45, 2.75) is 23.8 Å². The Kier molecular flexibility index (Phi) is 4.94. The molecule has 0 radical (unpaired) electrons. The van der Waals surface area contributed by atoms with E-state index in [0.29, 0.717) is 43.2 Å². The molecular formula is C16H19N3O4S. The van der Waals surface area contributed by atoms with Crippen LogP contribution in [0.25, 0.3) is 0 Å². The number of amides is 1. The summed E-state index contributed by atoms with van der Waals surface area (Å²) in [5.74, 6) is 0.307. The predicted molar refractivity (Wildman–Crippen MR) is 87.7 cm³/mol. The number of carbonyl (C=O) groups excluding carboxylic acids is 1. The number of aryl methyl sites for hydroxylation is 1. The average molecular weight is 349 g/mol. The van der Waals surface area contributed by atoms with E-state index in [2.05, 4.69) is 4.98 Å². The van der Waals surface area contributed by atoms with Crippen molar-refractivity contribution in [2.24, 2.45) is 13.0 Å². The zero-order valence-corrected chi connectivity index (χ0v) is 14.2. The van der Waals surface area contributed by atoms with Crippen molar-refractivity contribution in [3.8, 4) is 0 Å². The first-order valence-electron chi connectivity index (χ1n) is 7.75. The van der Waals surface area contributed by atoms with Crippen LogP contribution in [0.15, 0.2) is 34.1 Å². The van der Waals surface area contributed by atoms with E-state index in [0.717, 1.165) is 5.16 Å². The number of rotatable bonds is 5. The van der Waals surface area contributed by atoms with E-state index in [1.54, 1.807) is 23.2 Å². The second-order valence-corrected chi connectivity index (χ2v) is 6.72. The van der Waals surface area contributed by atoms with Crippen molar-refractivity contribution in [3.63, 3.8) is 0 Å². The van der Waals surface area contributed by atoms with Gasteiger partial charge < -0.3 is 19.0 Å². The molecule has 1 N–H and O–H groups in total. The van der Waals surface area contributed by atoms with Gasteiger partial charge in [0.25, 0.3) is 5.91 Å². The van der Waals surface area contributed by atoms with Crippen LogP contribution < -0.4 is 0 Å². The number of carbonyl (C=O) groups is 2. The van der Waals surface area contributed by atoms with Gasteiger partial charge in [-0.3, -0.25) is 9.59 Å². The maximum atomic E-state index is 12.4. The fourth-order valence-corrected chi connectivity index (χ4v) is 3.51. The van der Waals surface area contributed by atoms with Gasteiger partial charge in [-0.2, -0.15) is 0 Å². The lowest BCUT2D eigenvalue weighted by Gasteiger charge is -2.29. The zero-order chi connectivity index (χ0) is 17.1. The molecule has 0 aliphatic carbocycles. The number of thioether (sulfide) groups is 1. The molecule has 1 aliphatic heterocycles. The summed E-state index contributed by atoms with van der Waals surface area (Å²) >= 11 is 1.54. The summed E-state index contributed by atoms with van der Waals surface area (Å²) in [5.41, 5.74) is 0. The Morgan fingerprint density at radius 3 is 2.75 bits per heavy atom. The maximum Gasteiger partial charge on any atom is 0.306 e. The molecule has 1 amide bonds. The highest BCUT2D eigenvalue weighted by Crippen LogP contribution is 2.24. The molecule has 2 aromatic rings. The molecule has 0 unspecified atom stereocenters. The number of aromatic nitrogens is 2. The summed E-state index contributed by atoms with van der Waals surface area (Å²) < 4.78 is 7.57. The molecule has 24 heavy (non-hydrogen) atoms. The molecule has 8 heteroatoms. The highest BCUT2D eigenvalue weighted by atomic mass is 32.2. The van der Waals surface area contributed by atoms with Crippen molar-refractivity contribution < 1.29 is 19.1 Å². The van der Waals surface area contributed by atoms with Gasteiger partial charge in [0, 0.05) is 32.5 Å². The standard InChI is InChI=1S/C16H19N3O4S/c1-18-9-6-17-16(18)24-10-12-2-3-13(23-12)14(20)19-7-4-11(5-8-19)15(21)22/h2-3,6,9,11H,4-5,7-8,10H2,1H3,(H,21,22). The molecule has 0 aromatic carbocycles. The van der Waals surface area contributed by atoms with Crippen LogP contribution in [0.4, 0.5) is 0 Å². The number of nitrogens with zero attached hydrogens (tertiary/aromatic N) is 3. The Morgan fingerprint density at radius 1 is 1.38 bits per heavy atom. The number of likely N-dealkylation sites (tertiary alicyclic amines) is 1. The molecule has 1 fully saturated rings. The van der Waals surface area contributed by atoms with Crippen LogP contribution in [0.1, 0.15) is 29.2 Å². The molecule has 0 saturated carbocycles. The normalized spacial score (nSPS) is 15.6. The van der Waals surface area contributed by atoms with Gasteiger partial charge in [-0.1, -0.05) is 11.8 Å². The number of imidazole rings is 1. The fraction of sp³-hybridized carbons (Fsp3) is 0.438. The quantitative estimate of drug-likeness (QED) is 0.833. The van der Waals surface area contributed by atoms with Crippen LogP contribution >= 0.6 is 11.8 Å². The molecule has 0 atom stereocenters. The topological polar surface area (TPSA) is 88.6 Å².